The van der Waals surface area contributed by atoms with Crippen LogP contribution < -0.4 is 5.32 Å². The van der Waals surface area contributed by atoms with Gasteiger partial charge in [0, 0.05) is 13.1 Å². The molecule has 0 aliphatic heterocycles. The molecule has 1 aromatic rings. The smallest absolute Gasteiger partial charge is 0.234 e. The highest BCUT2D eigenvalue weighted by molar-refractivity contribution is 5.77. The Kier molecular flexibility index (Phi) is 6.31. The zero-order chi connectivity index (χ0) is 12.5. The van der Waals surface area contributed by atoms with Crippen LogP contribution in [0.4, 0.5) is 0 Å². The Morgan fingerprint density at radius 3 is 2.59 bits per heavy atom. The fraction of sp³-hybridized carbons (Fsp3) is 0.545. The summed E-state index contributed by atoms with van der Waals surface area (Å²) in [4.78, 5) is 13.2. The normalized spacial score (nSPS) is 10.8. The molecule has 6 heteroatoms. The lowest BCUT2D eigenvalue weighted by atomic mass is 10.4. The van der Waals surface area contributed by atoms with Crippen molar-refractivity contribution in [2.24, 2.45) is 0 Å². The Labute approximate surface area is 99.8 Å². The maximum Gasteiger partial charge on any atom is 0.234 e. The molecule has 17 heavy (non-hydrogen) atoms. The number of hydrogen-bond acceptors (Lipinski definition) is 5. The molecule has 1 amide bonds. The van der Waals surface area contributed by atoms with Gasteiger partial charge in [0.2, 0.25) is 5.91 Å². The van der Waals surface area contributed by atoms with Crippen LogP contribution in [0.25, 0.3) is 0 Å². The molecule has 0 saturated carbocycles. The first kappa shape index (κ1) is 13.7. The lowest BCUT2D eigenvalue weighted by Crippen LogP contribution is -2.39. The van der Waals surface area contributed by atoms with Gasteiger partial charge in [-0.05, 0) is 12.1 Å². The Bertz CT molecular complexity index is 307. The second-order valence-corrected chi connectivity index (χ2v) is 3.58. The van der Waals surface area contributed by atoms with Crippen molar-refractivity contribution in [3.63, 3.8) is 0 Å². The van der Waals surface area contributed by atoms with Crippen molar-refractivity contribution in [3.8, 4) is 0 Å². The van der Waals surface area contributed by atoms with Crippen LogP contribution in [0.2, 0.25) is 0 Å². The number of aliphatic hydroxyl groups is 2. The zero-order valence-corrected chi connectivity index (χ0v) is 9.63. The van der Waals surface area contributed by atoms with E-state index in [1.807, 2.05) is 0 Å². The van der Waals surface area contributed by atoms with E-state index in [1.54, 1.807) is 23.3 Å². The van der Waals surface area contributed by atoms with E-state index >= 15 is 0 Å². The largest absolute Gasteiger partial charge is 0.467 e. The van der Waals surface area contributed by atoms with Crippen LogP contribution in [0.1, 0.15) is 5.76 Å². The summed E-state index contributed by atoms with van der Waals surface area (Å²) in [5.41, 5.74) is 0. The number of furan rings is 1. The van der Waals surface area contributed by atoms with E-state index < -0.39 is 0 Å². The summed E-state index contributed by atoms with van der Waals surface area (Å²) in [6.07, 6.45) is 1.55. The summed E-state index contributed by atoms with van der Waals surface area (Å²) in [5.74, 6) is 0.525. The molecule has 96 valence electrons. The lowest BCUT2D eigenvalue weighted by Gasteiger charge is -2.19. The number of carbonyl (C=O) groups excluding carboxylic acids is 1. The zero-order valence-electron chi connectivity index (χ0n) is 9.63. The molecule has 0 bridgehead atoms. The van der Waals surface area contributed by atoms with Gasteiger partial charge >= 0.3 is 0 Å². The Hall–Kier alpha value is -1.37. The number of aliphatic hydroxyl groups excluding tert-OH is 2. The summed E-state index contributed by atoms with van der Waals surface area (Å²) in [7, 11) is 0. The fourth-order valence-corrected chi connectivity index (χ4v) is 1.41. The molecule has 1 heterocycles. The second kappa shape index (κ2) is 7.83. The van der Waals surface area contributed by atoms with Gasteiger partial charge < -0.3 is 19.9 Å². The molecule has 0 saturated heterocycles. The fourth-order valence-electron chi connectivity index (χ4n) is 1.41. The molecule has 0 aromatic carbocycles. The summed E-state index contributed by atoms with van der Waals surface area (Å²) < 4.78 is 5.08. The van der Waals surface area contributed by atoms with Gasteiger partial charge in [-0.15, -0.1) is 0 Å². The summed E-state index contributed by atoms with van der Waals surface area (Å²) in [5, 5.41) is 20.3. The van der Waals surface area contributed by atoms with Crippen molar-refractivity contribution in [1.82, 2.24) is 10.2 Å². The van der Waals surface area contributed by atoms with E-state index in [9.17, 15) is 4.79 Å². The van der Waals surface area contributed by atoms with Gasteiger partial charge in [0.15, 0.2) is 0 Å². The van der Waals surface area contributed by atoms with Gasteiger partial charge in [-0.25, -0.2) is 0 Å². The molecule has 0 spiro atoms. The van der Waals surface area contributed by atoms with E-state index in [0.717, 1.165) is 0 Å². The number of nitrogens with one attached hydrogen (secondary N) is 1. The molecule has 0 radical (unpaired) electrons. The highest BCUT2D eigenvalue weighted by Crippen LogP contribution is 1.98. The first-order valence-corrected chi connectivity index (χ1v) is 5.49. The van der Waals surface area contributed by atoms with E-state index in [2.05, 4.69) is 5.32 Å². The topological polar surface area (TPSA) is 85.9 Å². The summed E-state index contributed by atoms with van der Waals surface area (Å²) in [6, 6.07) is 3.53. The summed E-state index contributed by atoms with van der Waals surface area (Å²) >= 11 is 0. The molecule has 0 aliphatic carbocycles. The quantitative estimate of drug-likeness (QED) is 0.554. The molecule has 1 aromatic heterocycles. The van der Waals surface area contributed by atoms with Crippen LogP contribution in [0.15, 0.2) is 22.8 Å². The number of rotatable bonds is 8. The highest BCUT2D eigenvalue weighted by atomic mass is 16.3. The van der Waals surface area contributed by atoms with Crippen LogP contribution in [0, 0.1) is 0 Å². The summed E-state index contributed by atoms with van der Waals surface area (Å²) in [6.45, 7) is 1.17. The van der Waals surface area contributed by atoms with Gasteiger partial charge in [0.25, 0.3) is 0 Å². The van der Waals surface area contributed by atoms with Gasteiger partial charge in [0.1, 0.15) is 5.76 Å². The van der Waals surface area contributed by atoms with Crippen LogP contribution in [0.5, 0.6) is 0 Å². The standard InChI is InChI=1S/C11H18N2O4/c14-5-3-13(4-6-15)9-11(16)12-8-10-2-1-7-17-10/h1-2,7,14-15H,3-6,8-9H2,(H,12,16). The van der Waals surface area contributed by atoms with E-state index in [1.165, 1.54) is 0 Å². The molecular formula is C11H18N2O4. The molecular weight excluding hydrogens is 224 g/mol. The second-order valence-electron chi connectivity index (χ2n) is 3.58. The number of amides is 1. The van der Waals surface area contributed by atoms with E-state index in [4.69, 9.17) is 14.6 Å². The third-order valence-electron chi connectivity index (χ3n) is 2.24. The van der Waals surface area contributed by atoms with Crippen LogP contribution >= 0.6 is 0 Å². The number of carbonyl (C=O) groups is 1. The molecule has 1 rings (SSSR count). The van der Waals surface area contributed by atoms with Gasteiger partial charge in [-0.1, -0.05) is 0 Å². The molecule has 3 N–H and O–H groups in total. The third-order valence-corrected chi connectivity index (χ3v) is 2.24. The van der Waals surface area contributed by atoms with Crippen molar-refractivity contribution < 1.29 is 19.4 Å². The minimum atomic E-state index is -0.164. The van der Waals surface area contributed by atoms with Crippen molar-refractivity contribution in [2.75, 3.05) is 32.8 Å². The Morgan fingerprint density at radius 2 is 2.06 bits per heavy atom. The monoisotopic (exact) mass is 242 g/mol. The highest BCUT2D eigenvalue weighted by Gasteiger charge is 2.09. The van der Waals surface area contributed by atoms with Crippen LogP contribution in [-0.4, -0.2) is 53.9 Å². The predicted molar refractivity (Wildman–Crippen MR) is 61.2 cm³/mol. The molecule has 0 atom stereocenters. The van der Waals surface area contributed by atoms with Crippen molar-refractivity contribution in [2.45, 2.75) is 6.54 Å². The SMILES string of the molecule is O=C(CN(CCO)CCO)NCc1ccco1. The van der Waals surface area contributed by atoms with Crippen LogP contribution in [0.3, 0.4) is 0 Å². The van der Waals surface area contributed by atoms with Gasteiger partial charge in [-0.3, -0.25) is 9.69 Å². The van der Waals surface area contributed by atoms with Crippen molar-refractivity contribution >= 4 is 5.91 Å². The minimum Gasteiger partial charge on any atom is -0.467 e. The van der Waals surface area contributed by atoms with Crippen LogP contribution in [-0.2, 0) is 11.3 Å². The van der Waals surface area contributed by atoms with Crippen molar-refractivity contribution in [3.05, 3.63) is 24.2 Å². The number of nitrogens with zero attached hydrogens (tertiary/aromatic N) is 1. The first-order chi connectivity index (χ1) is 8.26. The maximum absolute atomic E-state index is 11.5. The number of hydrogen-bond donors (Lipinski definition) is 3. The molecule has 0 aliphatic rings. The average molecular weight is 242 g/mol. The molecule has 0 fully saturated rings. The average Bonchev–Trinajstić information content (AvgIpc) is 2.80. The Balaban J connectivity index is 2.26. The van der Waals surface area contributed by atoms with Crippen molar-refractivity contribution in [1.29, 1.82) is 0 Å². The predicted octanol–water partition coefficient (Wildman–Crippen LogP) is -0.818. The minimum absolute atomic E-state index is 0.0362. The third kappa shape index (κ3) is 5.48. The van der Waals surface area contributed by atoms with E-state index in [0.29, 0.717) is 25.4 Å². The lowest BCUT2D eigenvalue weighted by molar-refractivity contribution is -0.122. The van der Waals surface area contributed by atoms with Gasteiger partial charge in [-0.2, -0.15) is 0 Å². The van der Waals surface area contributed by atoms with Gasteiger partial charge in [0.05, 0.1) is 32.6 Å². The maximum atomic E-state index is 11.5. The molecule has 6 nitrogen and oxygen atoms in total. The first-order valence-electron chi connectivity index (χ1n) is 5.49. The van der Waals surface area contributed by atoms with E-state index in [-0.39, 0.29) is 25.7 Å². The Morgan fingerprint density at radius 1 is 1.35 bits per heavy atom. The molecule has 0 unspecified atom stereocenters.